The highest BCUT2D eigenvalue weighted by Crippen LogP contribution is 2.11. The lowest BCUT2D eigenvalue weighted by molar-refractivity contribution is -0.421. The van der Waals surface area contributed by atoms with Gasteiger partial charge in [-0.15, -0.1) is 0 Å². The minimum Gasteiger partial charge on any atom is -0.542 e. The molecule has 18 heavy (non-hydrogen) atoms. The van der Waals surface area contributed by atoms with Gasteiger partial charge in [-0.25, -0.2) is 0 Å². The number of quaternary nitrogens is 1. The van der Waals surface area contributed by atoms with E-state index in [0.717, 1.165) is 19.6 Å². The van der Waals surface area contributed by atoms with Gasteiger partial charge in [0.2, 0.25) is 0 Å². The number of likely N-dealkylation sites (tertiary alicyclic amines) is 1. The first-order valence-electron chi connectivity index (χ1n) is 5.71. The summed E-state index contributed by atoms with van der Waals surface area (Å²) in [6.45, 7) is 3.40. The Hall–Kier alpha value is -0.860. The summed E-state index contributed by atoms with van der Waals surface area (Å²) in [6, 6.07) is 0.638. The predicted octanol–water partition coefficient (Wildman–Crippen LogP) is -1.63. The molecule has 0 aromatic rings. The SMILES string of the molecule is O=C([O-])C(F)(F)F.[NH3+][C@H]1CCCN(CCO)CC1. The summed E-state index contributed by atoms with van der Waals surface area (Å²) in [6.07, 6.45) is -1.50. The molecular formula is C10H19F3N2O3. The van der Waals surface area contributed by atoms with Crippen LogP contribution in [0.15, 0.2) is 0 Å². The van der Waals surface area contributed by atoms with E-state index in [1.54, 1.807) is 0 Å². The maximum atomic E-state index is 10.5. The second kappa shape index (κ2) is 8.28. The van der Waals surface area contributed by atoms with Crippen LogP contribution in [-0.4, -0.2) is 54.4 Å². The van der Waals surface area contributed by atoms with Crippen LogP contribution in [0.2, 0.25) is 0 Å². The molecule has 0 aromatic carbocycles. The molecule has 1 atom stereocenters. The molecule has 0 unspecified atom stereocenters. The van der Waals surface area contributed by atoms with Gasteiger partial charge in [0.05, 0.1) is 12.6 Å². The zero-order valence-electron chi connectivity index (χ0n) is 10.1. The summed E-state index contributed by atoms with van der Waals surface area (Å²) < 4.78 is 31.5. The first-order valence-corrected chi connectivity index (χ1v) is 5.71. The number of rotatable bonds is 2. The van der Waals surface area contributed by atoms with E-state index in [-0.39, 0.29) is 0 Å². The number of carboxylic acid groups (broad SMARTS) is 1. The van der Waals surface area contributed by atoms with E-state index >= 15 is 0 Å². The second-order valence-corrected chi connectivity index (χ2v) is 4.15. The molecule has 1 heterocycles. The van der Waals surface area contributed by atoms with Crippen molar-refractivity contribution in [3.8, 4) is 0 Å². The standard InChI is InChI=1S/C8H18N2O.C2HF3O2/c9-8-2-1-4-10(5-3-8)6-7-11;3-2(4,5)1(6)7/h8,11H,1-7,9H2;(H,6,7)/t8-;/m0./s1. The molecule has 1 rings (SSSR count). The molecule has 0 bridgehead atoms. The average Bonchev–Trinajstić information content (AvgIpc) is 2.44. The lowest BCUT2D eigenvalue weighted by Crippen LogP contribution is -2.60. The highest BCUT2D eigenvalue weighted by molar-refractivity contribution is 5.70. The Kier molecular flexibility index (Phi) is 7.88. The van der Waals surface area contributed by atoms with Crippen molar-refractivity contribution in [2.24, 2.45) is 0 Å². The van der Waals surface area contributed by atoms with Gasteiger partial charge in [-0.1, -0.05) is 0 Å². The molecule has 1 aliphatic heterocycles. The number of aliphatic hydroxyl groups is 1. The Morgan fingerprint density at radius 2 is 1.94 bits per heavy atom. The molecule has 0 amide bonds. The second-order valence-electron chi connectivity index (χ2n) is 4.15. The summed E-state index contributed by atoms with van der Waals surface area (Å²) in [5.74, 6) is -3.01. The van der Waals surface area contributed by atoms with Gasteiger partial charge in [0.1, 0.15) is 5.97 Å². The van der Waals surface area contributed by atoms with Crippen LogP contribution in [0.3, 0.4) is 0 Å². The van der Waals surface area contributed by atoms with Crippen LogP contribution >= 0.6 is 0 Å². The number of alkyl halides is 3. The van der Waals surface area contributed by atoms with E-state index in [2.05, 4.69) is 10.6 Å². The zero-order chi connectivity index (χ0) is 14.2. The Morgan fingerprint density at radius 1 is 1.39 bits per heavy atom. The van der Waals surface area contributed by atoms with E-state index < -0.39 is 12.1 Å². The summed E-state index contributed by atoms with van der Waals surface area (Å²) in [4.78, 5) is 11.1. The summed E-state index contributed by atoms with van der Waals surface area (Å²) >= 11 is 0. The lowest BCUT2D eigenvalue weighted by atomic mass is 10.1. The van der Waals surface area contributed by atoms with Crippen LogP contribution < -0.4 is 10.8 Å². The maximum absolute atomic E-state index is 10.5. The van der Waals surface area contributed by atoms with Gasteiger partial charge in [-0.3, -0.25) is 0 Å². The molecular weight excluding hydrogens is 253 g/mol. The topological polar surface area (TPSA) is 91.2 Å². The Labute approximate surface area is 103 Å². The van der Waals surface area contributed by atoms with Gasteiger partial charge >= 0.3 is 6.18 Å². The first-order chi connectivity index (χ1) is 8.27. The molecule has 0 radical (unpaired) electrons. The molecule has 1 fully saturated rings. The number of hydrogen-bond acceptors (Lipinski definition) is 4. The molecule has 0 aromatic heterocycles. The quantitative estimate of drug-likeness (QED) is 0.631. The van der Waals surface area contributed by atoms with Crippen LogP contribution in [0.4, 0.5) is 13.2 Å². The number of nitrogens with zero attached hydrogens (tertiary/aromatic N) is 1. The number of β-amino-alcohol motifs (C(OH)–C–C–N with tert-alkyl or cyclic N) is 1. The fourth-order valence-corrected chi connectivity index (χ4v) is 1.59. The first kappa shape index (κ1) is 17.1. The fraction of sp³-hybridized carbons (Fsp3) is 0.900. The van der Waals surface area contributed by atoms with Crippen molar-refractivity contribution in [1.29, 1.82) is 0 Å². The molecule has 1 saturated heterocycles. The van der Waals surface area contributed by atoms with Crippen molar-refractivity contribution >= 4 is 5.97 Å². The van der Waals surface area contributed by atoms with Crippen molar-refractivity contribution in [1.82, 2.24) is 4.90 Å². The molecule has 108 valence electrons. The zero-order valence-corrected chi connectivity index (χ0v) is 10.1. The van der Waals surface area contributed by atoms with Crippen molar-refractivity contribution in [3.63, 3.8) is 0 Å². The number of aliphatic hydroxyl groups excluding tert-OH is 1. The average molecular weight is 272 g/mol. The van der Waals surface area contributed by atoms with Crippen molar-refractivity contribution < 1.29 is 33.9 Å². The third kappa shape index (κ3) is 8.26. The number of carboxylic acids is 1. The van der Waals surface area contributed by atoms with Crippen LogP contribution in [0, 0.1) is 0 Å². The van der Waals surface area contributed by atoms with Crippen molar-refractivity contribution in [2.75, 3.05) is 26.2 Å². The molecule has 0 aliphatic carbocycles. The van der Waals surface area contributed by atoms with Crippen LogP contribution in [0.5, 0.6) is 0 Å². The smallest absolute Gasteiger partial charge is 0.430 e. The van der Waals surface area contributed by atoms with Crippen molar-refractivity contribution in [3.05, 3.63) is 0 Å². The molecule has 0 saturated carbocycles. The fourth-order valence-electron chi connectivity index (χ4n) is 1.59. The van der Waals surface area contributed by atoms with E-state index in [9.17, 15) is 13.2 Å². The minimum absolute atomic E-state index is 0.293. The van der Waals surface area contributed by atoms with Crippen LogP contribution in [-0.2, 0) is 4.79 Å². The van der Waals surface area contributed by atoms with Gasteiger partial charge in [-0.2, -0.15) is 13.2 Å². The van der Waals surface area contributed by atoms with E-state index in [1.807, 2.05) is 0 Å². The van der Waals surface area contributed by atoms with Gasteiger partial charge in [-0.05, 0) is 13.0 Å². The van der Waals surface area contributed by atoms with Gasteiger partial charge in [0.15, 0.2) is 0 Å². The number of aliphatic carboxylic acids is 1. The molecule has 1 aliphatic rings. The van der Waals surface area contributed by atoms with E-state index in [1.165, 1.54) is 19.3 Å². The predicted molar refractivity (Wildman–Crippen MR) is 55.1 cm³/mol. The normalized spacial score (nSPS) is 21.7. The minimum atomic E-state index is -5.19. The third-order valence-electron chi connectivity index (χ3n) is 2.59. The Bertz CT molecular complexity index is 249. The third-order valence-corrected chi connectivity index (χ3v) is 2.59. The molecule has 8 heteroatoms. The van der Waals surface area contributed by atoms with Gasteiger partial charge in [0.25, 0.3) is 0 Å². The van der Waals surface area contributed by atoms with Crippen LogP contribution in [0.25, 0.3) is 0 Å². The number of halogens is 3. The highest BCUT2D eigenvalue weighted by Gasteiger charge is 2.28. The van der Waals surface area contributed by atoms with E-state index in [0.29, 0.717) is 12.6 Å². The Balaban J connectivity index is 0.000000360. The summed E-state index contributed by atoms with van der Waals surface area (Å²) in [5.41, 5.74) is 4.06. The highest BCUT2D eigenvalue weighted by atomic mass is 19.4. The van der Waals surface area contributed by atoms with Crippen LogP contribution in [0.1, 0.15) is 19.3 Å². The number of carbonyl (C=O) groups is 1. The Morgan fingerprint density at radius 3 is 2.39 bits per heavy atom. The summed E-state index contributed by atoms with van der Waals surface area (Å²) in [7, 11) is 0. The van der Waals surface area contributed by atoms with Gasteiger partial charge < -0.3 is 25.6 Å². The maximum Gasteiger partial charge on any atom is 0.430 e. The number of hydrogen-bond donors (Lipinski definition) is 2. The lowest BCUT2D eigenvalue weighted by Gasteiger charge is -2.17. The largest absolute Gasteiger partial charge is 0.542 e. The summed E-state index contributed by atoms with van der Waals surface area (Å²) in [5, 5.41) is 17.5. The van der Waals surface area contributed by atoms with Crippen molar-refractivity contribution in [2.45, 2.75) is 31.5 Å². The van der Waals surface area contributed by atoms with E-state index in [4.69, 9.17) is 15.0 Å². The molecule has 5 nitrogen and oxygen atoms in total. The van der Waals surface area contributed by atoms with Gasteiger partial charge in [0, 0.05) is 25.9 Å². The molecule has 4 N–H and O–H groups in total. The number of carbonyl (C=O) groups excluding carboxylic acids is 1. The molecule has 0 spiro atoms. The monoisotopic (exact) mass is 272 g/mol.